The van der Waals surface area contributed by atoms with E-state index < -0.39 is 5.82 Å². The highest BCUT2D eigenvalue weighted by molar-refractivity contribution is 5.52. The lowest BCUT2D eigenvalue weighted by Crippen LogP contribution is -2.17. The topological polar surface area (TPSA) is 54.3 Å². The maximum atomic E-state index is 13.8. The minimum atomic E-state index is -0.448. The Morgan fingerprint density at radius 3 is 2.86 bits per heavy atom. The molecule has 3 rings (SSSR count). The van der Waals surface area contributed by atoms with Gasteiger partial charge in [0.2, 0.25) is 0 Å². The van der Waals surface area contributed by atoms with E-state index in [1.807, 2.05) is 24.3 Å². The maximum Gasteiger partial charge on any atom is 0.166 e. The summed E-state index contributed by atoms with van der Waals surface area (Å²) in [4.78, 5) is 0. The van der Waals surface area contributed by atoms with Crippen molar-refractivity contribution in [1.82, 2.24) is 0 Å². The second-order valence-corrected chi connectivity index (χ2v) is 4.60. The number of hydrogen-bond acceptors (Lipinski definition) is 4. The van der Waals surface area contributed by atoms with Crippen LogP contribution in [-0.2, 0) is 6.54 Å². The number of nitrogens with zero attached hydrogens (tertiary/aromatic N) is 1. The molecular weight excluding hydrogens is 271 g/mol. The normalized spacial score (nSPS) is 12.6. The van der Waals surface area contributed by atoms with Gasteiger partial charge in [0.05, 0.1) is 17.3 Å². The molecule has 2 aromatic rings. The molecule has 21 heavy (non-hydrogen) atoms. The Kier molecular flexibility index (Phi) is 3.61. The number of rotatable bonds is 3. The van der Waals surface area contributed by atoms with Crippen molar-refractivity contribution in [2.45, 2.75) is 6.54 Å². The molecule has 0 amide bonds. The van der Waals surface area contributed by atoms with E-state index in [0.29, 0.717) is 42.5 Å². The lowest BCUT2D eigenvalue weighted by molar-refractivity contribution is 0.170. The van der Waals surface area contributed by atoms with Crippen LogP contribution >= 0.6 is 0 Å². The van der Waals surface area contributed by atoms with Crippen LogP contribution in [0.2, 0.25) is 0 Å². The van der Waals surface area contributed by atoms with Gasteiger partial charge in [-0.05, 0) is 24.3 Å². The van der Waals surface area contributed by atoms with Gasteiger partial charge in [0.15, 0.2) is 11.5 Å². The Morgan fingerprint density at radius 2 is 2.05 bits per heavy atom. The number of fused-ring (bicyclic) bond motifs is 1. The standard InChI is InChI=1S/C16H13FN2O2/c17-13-8-11(9-18)4-5-14(13)19-10-12-2-1-3-15-16(12)21-7-6-20-15/h1-5,8,19H,6-7,10H2. The average Bonchev–Trinajstić information content (AvgIpc) is 2.53. The molecule has 0 aliphatic carbocycles. The fourth-order valence-electron chi connectivity index (χ4n) is 2.19. The van der Waals surface area contributed by atoms with Gasteiger partial charge in [-0.1, -0.05) is 12.1 Å². The fourth-order valence-corrected chi connectivity index (χ4v) is 2.19. The molecule has 0 saturated heterocycles. The van der Waals surface area contributed by atoms with Crippen LogP contribution in [-0.4, -0.2) is 13.2 Å². The monoisotopic (exact) mass is 284 g/mol. The average molecular weight is 284 g/mol. The van der Waals surface area contributed by atoms with Crippen LogP contribution in [0.15, 0.2) is 36.4 Å². The molecule has 1 N–H and O–H groups in total. The van der Waals surface area contributed by atoms with E-state index in [4.69, 9.17) is 14.7 Å². The molecule has 0 atom stereocenters. The minimum Gasteiger partial charge on any atom is -0.486 e. The number of benzene rings is 2. The molecule has 4 nitrogen and oxygen atoms in total. The van der Waals surface area contributed by atoms with E-state index in [2.05, 4.69) is 5.32 Å². The smallest absolute Gasteiger partial charge is 0.166 e. The van der Waals surface area contributed by atoms with Crippen molar-refractivity contribution in [2.24, 2.45) is 0 Å². The number of anilines is 1. The van der Waals surface area contributed by atoms with E-state index in [1.54, 1.807) is 12.1 Å². The summed E-state index contributed by atoms with van der Waals surface area (Å²) in [5.41, 5.74) is 1.55. The number of halogens is 1. The van der Waals surface area contributed by atoms with Crippen molar-refractivity contribution < 1.29 is 13.9 Å². The van der Waals surface area contributed by atoms with Crippen LogP contribution in [0, 0.1) is 17.1 Å². The van der Waals surface area contributed by atoms with Gasteiger partial charge in [-0.25, -0.2) is 4.39 Å². The zero-order chi connectivity index (χ0) is 14.7. The van der Waals surface area contributed by atoms with Gasteiger partial charge in [-0.3, -0.25) is 0 Å². The summed E-state index contributed by atoms with van der Waals surface area (Å²) >= 11 is 0. The van der Waals surface area contributed by atoms with E-state index in [1.165, 1.54) is 6.07 Å². The Labute approximate surface area is 121 Å². The Bertz CT molecular complexity index is 710. The molecule has 106 valence electrons. The summed E-state index contributed by atoms with van der Waals surface area (Å²) < 4.78 is 24.9. The highest BCUT2D eigenvalue weighted by atomic mass is 19.1. The zero-order valence-electron chi connectivity index (χ0n) is 11.2. The van der Waals surface area contributed by atoms with Crippen molar-refractivity contribution >= 4 is 5.69 Å². The maximum absolute atomic E-state index is 13.8. The fraction of sp³-hybridized carbons (Fsp3) is 0.188. The van der Waals surface area contributed by atoms with Gasteiger partial charge >= 0.3 is 0 Å². The first-order chi connectivity index (χ1) is 10.3. The zero-order valence-corrected chi connectivity index (χ0v) is 11.2. The molecular formula is C16H13FN2O2. The van der Waals surface area contributed by atoms with Crippen molar-refractivity contribution in [1.29, 1.82) is 5.26 Å². The summed E-state index contributed by atoms with van der Waals surface area (Å²) in [6, 6.07) is 11.9. The molecule has 0 radical (unpaired) electrons. The first-order valence-corrected chi connectivity index (χ1v) is 6.59. The molecule has 1 aliphatic rings. The van der Waals surface area contributed by atoms with Gasteiger partial charge in [0, 0.05) is 12.1 Å². The SMILES string of the molecule is N#Cc1ccc(NCc2cccc3c2OCCO3)c(F)c1. The first kappa shape index (κ1) is 13.3. The largest absolute Gasteiger partial charge is 0.486 e. The van der Waals surface area contributed by atoms with Crippen molar-refractivity contribution in [3.8, 4) is 17.6 Å². The highest BCUT2D eigenvalue weighted by Gasteiger charge is 2.15. The molecule has 2 aromatic carbocycles. The number of nitrogens with one attached hydrogen (secondary N) is 1. The third-order valence-corrected chi connectivity index (χ3v) is 3.22. The van der Waals surface area contributed by atoms with Crippen LogP contribution in [0.1, 0.15) is 11.1 Å². The second kappa shape index (κ2) is 5.71. The highest BCUT2D eigenvalue weighted by Crippen LogP contribution is 2.34. The van der Waals surface area contributed by atoms with Crippen molar-refractivity contribution in [3.63, 3.8) is 0 Å². The predicted octanol–water partition coefficient (Wildman–Crippen LogP) is 3.08. The molecule has 0 saturated carbocycles. The Hall–Kier alpha value is -2.74. The van der Waals surface area contributed by atoms with Gasteiger partial charge < -0.3 is 14.8 Å². The van der Waals surface area contributed by atoms with Crippen LogP contribution in [0.25, 0.3) is 0 Å². The third kappa shape index (κ3) is 2.75. The number of para-hydroxylation sites is 1. The third-order valence-electron chi connectivity index (χ3n) is 3.22. The van der Waals surface area contributed by atoms with Gasteiger partial charge in [-0.15, -0.1) is 0 Å². The van der Waals surface area contributed by atoms with Gasteiger partial charge in [0.1, 0.15) is 19.0 Å². The lowest BCUT2D eigenvalue weighted by atomic mass is 10.1. The number of hydrogen-bond donors (Lipinski definition) is 1. The van der Waals surface area contributed by atoms with Crippen LogP contribution in [0.4, 0.5) is 10.1 Å². The van der Waals surface area contributed by atoms with Gasteiger partial charge in [0.25, 0.3) is 0 Å². The van der Waals surface area contributed by atoms with E-state index in [0.717, 1.165) is 5.56 Å². The molecule has 0 aromatic heterocycles. The number of nitriles is 1. The molecule has 0 spiro atoms. The van der Waals surface area contributed by atoms with Crippen molar-refractivity contribution in [2.75, 3.05) is 18.5 Å². The Balaban J connectivity index is 1.78. The molecule has 5 heteroatoms. The second-order valence-electron chi connectivity index (χ2n) is 4.60. The van der Waals surface area contributed by atoms with E-state index >= 15 is 0 Å². The predicted molar refractivity (Wildman–Crippen MR) is 75.9 cm³/mol. The molecule has 0 bridgehead atoms. The molecule has 0 unspecified atom stereocenters. The quantitative estimate of drug-likeness (QED) is 0.941. The van der Waals surface area contributed by atoms with E-state index in [-0.39, 0.29) is 0 Å². The summed E-state index contributed by atoms with van der Waals surface area (Å²) in [6.07, 6.45) is 0. The first-order valence-electron chi connectivity index (χ1n) is 6.59. The number of ether oxygens (including phenoxy) is 2. The summed E-state index contributed by atoms with van der Waals surface area (Å²) in [6.45, 7) is 1.46. The summed E-state index contributed by atoms with van der Waals surface area (Å²) in [5.74, 6) is 0.960. The van der Waals surface area contributed by atoms with E-state index in [9.17, 15) is 4.39 Å². The molecule has 0 fully saturated rings. The van der Waals surface area contributed by atoms with Crippen LogP contribution < -0.4 is 14.8 Å². The summed E-state index contributed by atoms with van der Waals surface area (Å²) in [7, 11) is 0. The molecule has 1 heterocycles. The van der Waals surface area contributed by atoms with Crippen LogP contribution in [0.5, 0.6) is 11.5 Å². The minimum absolute atomic E-state index is 0.298. The van der Waals surface area contributed by atoms with Crippen LogP contribution in [0.3, 0.4) is 0 Å². The van der Waals surface area contributed by atoms with Gasteiger partial charge in [-0.2, -0.15) is 5.26 Å². The Morgan fingerprint density at radius 1 is 1.19 bits per heavy atom. The van der Waals surface area contributed by atoms with Crippen molar-refractivity contribution in [3.05, 3.63) is 53.3 Å². The lowest BCUT2D eigenvalue weighted by Gasteiger charge is -2.21. The summed E-state index contributed by atoms with van der Waals surface area (Å²) in [5, 5.41) is 11.7. The molecule has 1 aliphatic heterocycles.